The van der Waals surface area contributed by atoms with Crippen LogP contribution in [0, 0.1) is 0 Å². The summed E-state index contributed by atoms with van der Waals surface area (Å²) in [6.07, 6.45) is 0. The second kappa shape index (κ2) is 6.31. The van der Waals surface area contributed by atoms with Crippen LogP contribution in [-0.2, 0) is 23.9 Å². The molecule has 1 aromatic heterocycles. The van der Waals surface area contributed by atoms with Gasteiger partial charge in [-0.05, 0) is 29.8 Å². The number of hydrogen-bond donors (Lipinski definition) is 3. The number of nitrogens with one attached hydrogen (secondary N) is 3. The zero-order valence-electron chi connectivity index (χ0n) is 16.5. The zero-order valence-corrected chi connectivity index (χ0v) is 16.5. The molecule has 9 nitrogen and oxygen atoms in total. The van der Waals surface area contributed by atoms with Crippen LogP contribution < -0.4 is 19.9 Å². The van der Waals surface area contributed by atoms with Gasteiger partial charge < -0.3 is 15.0 Å². The lowest BCUT2D eigenvalue weighted by Crippen LogP contribution is -2.58. The minimum Gasteiger partial charge on any atom is -0.497 e. The standard InChI is InChI=1S/C21H19N5O4/c1-25-16-6-4-3-5-15(16)22-18(25)21(19(28)23-20(29)24-21)11-26-10-12-7-8-13(30-2)9-14(12)17(26)27/h3-9H,10-11H2,1-2H3,(H2,23,24,28,29)/p+1. The molecule has 1 unspecified atom stereocenters. The fourth-order valence-corrected chi connectivity index (χ4v) is 4.32. The quantitative estimate of drug-likeness (QED) is 0.438. The van der Waals surface area contributed by atoms with E-state index >= 15 is 0 Å². The predicted octanol–water partition coefficient (Wildman–Crippen LogP) is 0.692. The molecule has 0 spiro atoms. The Morgan fingerprint density at radius 1 is 1.17 bits per heavy atom. The van der Waals surface area contributed by atoms with Crippen molar-refractivity contribution < 1.29 is 23.7 Å². The monoisotopic (exact) mass is 406 g/mol. The maximum absolute atomic E-state index is 13.1. The van der Waals surface area contributed by atoms with Crippen molar-refractivity contribution >= 4 is 28.9 Å². The maximum Gasteiger partial charge on any atom is 0.322 e. The first kappa shape index (κ1) is 18.2. The first-order valence-corrected chi connectivity index (χ1v) is 9.50. The number of imide groups is 1. The number of ether oxygens (including phenoxy) is 1. The highest BCUT2D eigenvalue weighted by atomic mass is 16.5. The summed E-state index contributed by atoms with van der Waals surface area (Å²) in [4.78, 5) is 43.1. The average Bonchev–Trinajstić information content (AvgIpc) is 3.34. The van der Waals surface area contributed by atoms with Crippen LogP contribution in [0.5, 0.6) is 5.75 Å². The molecule has 2 aliphatic heterocycles. The molecule has 1 fully saturated rings. The number of fused-ring (bicyclic) bond motifs is 2. The third-order valence-electron chi connectivity index (χ3n) is 5.82. The fourth-order valence-electron chi connectivity index (χ4n) is 4.32. The van der Waals surface area contributed by atoms with Crippen molar-refractivity contribution in [3.63, 3.8) is 0 Å². The number of carbonyl (C=O) groups is 3. The van der Waals surface area contributed by atoms with Gasteiger partial charge in [-0.15, -0.1) is 0 Å². The van der Waals surface area contributed by atoms with E-state index in [4.69, 9.17) is 4.74 Å². The lowest BCUT2D eigenvalue weighted by Gasteiger charge is -2.27. The van der Waals surface area contributed by atoms with Gasteiger partial charge in [0.25, 0.3) is 17.6 Å². The van der Waals surface area contributed by atoms with Gasteiger partial charge in [0.05, 0.1) is 20.7 Å². The molecule has 2 aromatic carbocycles. The molecule has 3 N–H and O–H groups in total. The maximum atomic E-state index is 13.1. The molecule has 0 aliphatic carbocycles. The van der Waals surface area contributed by atoms with Crippen molar-refractivity contribution in [2.75, 3.05) is 13.7 Å². The Bertz CT molecular complexity index is 1230. The summed E-state index contributed by atoms with van der Waals surface area (Å²) >= 11 is 0. The number of H-pyrrole nitrogens is 1. The van der Waals surface area contributed by atoms with Gasteiger partial charge in [0.2, 0.25) is 5.54 Å². The number of nitrogens with zero attached hydrogens (tertiary/aromatic N) is 2. The summed E-state index contributed by atoms with van der Waals surface area (Å²) in [6.45, 7) is 0.327. The number of carbonyl (C=O) groups excluding carboxylic acids is 3. The Morgan fingerprint density at radius 3 is 2.67 bits per heavy atom. The number of urea groups is 1. The van der Waals surface area contributed by atoms with Crippen LogP contribution in [-0.4, -0.2) is 41.4 Å². The molecule has 2 aliphatic rings. The highest BCUT2D eigenvalue weighted by Gasteiger charge is 2.56. The molecule has 152 valence electrons. The lowest BCUT2D eigenvalue weighted by molar-refractivity contribution is -0.656. The number of benzene rings is 2. The minimum atomic E-state index is -1.44. The molecule has 9 heteroatoms. The van der Waals surface area contributed by atoms with E-state index in [9.17, 15) is 14.4 Å². The van der Waals surface area contributed by atoms with Crippen LogP contribution in [0.15, 0.2) is 42.5 Å². The van der Waals surface area contributed by atoms with Crippen molar-refractivity contribution in [2.45, 2.75) is 12.1 Å². The van der Waals surface area contributed by atoms with Crippen molar-refractivity contribution in [1.29, 1.82) is 0 Å². The number of aromatic amines is 1. The second-order valence-electron chi connectivity index (χ2n) is 7.55. The average molecular weight is 406 g/mol. The van der Waals surface area contributed by atoms with Crippen LogP contribution in [0.1, 0.15) is 21.7 Å². The van der Waals surface area contributed by atoms with E-state index in [0.717, 1.165) is 16.6 Å². The molecule has 0 radical (unpaired) electrons. The number of rotatable bonds is 4. The van der Waals surface area contributed by atoms with E-state index in [1.807, 2.05) is 41.9 Å². The third kappa shape index (κ3) is 2.48. The topological polar surface area (TPSA) is 107 Å². The zero-order chi connectivity index (χ0) is 21.0. The molecule has 1 saturated heterocycles. The Morgan fingerprint density at radius 2 is 1.97 bits per heavy atom. The number of imidazole rings is 1. The Hall–Kier alpha value is -3.88. The van der Waals surface area contributed by atoms with E-state index in [-0.39, 0.29) is 12.5 Å². The predicted molar refractivity (Wildman–Crippen MR) is 106 cm³/mol. The Kier molecular flexibility index (Phi) is 3.82. The first-order valence-electron chi connectivity index (χ1n) is 9.50. The van der Waals surface area contributed by atoms with Gasteiger partial charge >= 0.3 is 6.03 Å². The molecule has 0 bridgehead atoms. The van der Waals surface area contributed by atoms with E-state index < -0.39 is 17.5 Å². The summed E-state index contributed by atoms with van der Waals surface area (Å²) in [6, 6.07) is 12.3. The van der Waals surface area contributed by atoms with Gasteiger partial charge in [-0.3, -0.25) is 14.9 Å². The fraction of sp³-hybridized carbons (Fsp3) is 0.238. The molecule has 0 saturated carbocycles. The van der Waals surface area contributed by atoms with Crippen molar-refractivity contribution in [1.82, 2.24) is 20.5 Å². The van der Waals surface area contributed by atoms with E-state index in [1.54, 1.807) is 24.1 Å². The number of methoxy groups -OCH3 is 1. The van der Waals surface area contributed by atoms with Gasteiger partial charge in [0.1, 0.15) is 5.75 Å². The van der Waals surface area contributed by atoms with Crippen molar-refractivity contribution in [3.8, 4) is 5.75 Å². The molecule has 5 rings (SSSR count). The molecule has 3 aromatic rings. The minimum absolute atomic E-state index is 0.0128. The molecule has 30 heavy (non-hydrogen) atoms. The van der Waals surface area contributed by atoms with Crippen LogP contribution in [0.3, 0.4) is 0 Å². The highest BCUT2D eigenvalue weighted by molar-refractivity contribution is 6.08. The van der Waals surface area contributed by atoms with E-state index in [0.29, 0.717) is 23.7 Å². The summed E-state index contributed by atoms with van der Waals surface area (Å²) in [7, 11) is 3.36. The SMILES string of the molecule is COc1ccc2c(c1)C(=O)N(CC1(c3[nH]c4ccccc4[n+]3C)NC(=O)NC1=O)C2. The molecule has 4 amide bonds. The number of aromatic nitrogens is 2. The van der Waals surface area contributed by atoms with Crippen molar-refractivity contribution in [3.05, 3.63) is 59.4 Å². The number of para-hydroxylation sites is 2. The largest absolute Gasteiger partial charge is 0.497 e. The van der Waals surface area contributed by atoms with Gasteiger partial charge in [0, 0.05) is 12.1 Å². The van der Waals surface area contributed by atoms with E-state index in [1.165, 1.54) is 0 Å². The highest BCUT2D eigenvalue weighted by Crippen LogP contribution is 2.31. The van der Waals surface area contributed by atoms with Crippen LogP contribution in [0.4, 0.5) is 4.79 Å². The number of amides is 4. The Balaban J connectivity index is 1.58. The van der Waals surface area contributed by atoms with Gasteiger partial charge in [-0.2, -0.15) is 0 Å². The Labute approximate surface area is 171 Å². The molecule has 3 heterocycles. The van der Waals surface area contributed by atoms with Gasteiger partial charge in [-0.1, -0.05) is 18.2 Å². The third-order valence-corrected chi connectivity index (χ3v) is 5.82. The van der Waals surface area contributed by atoms with Crippen LogP contribution >= 0.6 is 0 Å². The lowest BCUT2D eigenvalue weighted by atomic mass is 9.97. The number of aryl methyl sites for hydroxylation is 1. The molecular formula is C21H20N5O4+. The molecular weight excluding hydrogens is 386 g/mol. The summed E-state index contributed by atoms with van der Waals surface area (Å²) < 4.78 is 7.06. The molecule has 1 atom stereocenters. The van der Waals surface area contributed by atoms with Gasteiger partial charge in [-0.25, -0.2) is 14.3 Å². The van der Waals surface area contributed by atoms with Crippen molar-refractivity contribution in [2.24, 2.45) is 7.05 Å². The summed E-state index contributed by atoms with van der Waals surface area (Å²) in [5, 5.41) is 5.09. The van der Waals surface area contributed by atoms with Gasteiger partial charge in [0.15, 0.2) is 11.0 Å². The summed E-state index contributed by atoms with van der Waals surface area (Å²) in [5.74, 6) is 0.368. The van der Waals surface area contributed by atoms with Crippen LogP contribution in [0.2, 0.25) is 0 Å². The smallest absolute Gasteiger partial charge is 0.322 e. The first-order chi connectivity index (χ1) is 14.4. The van der Waals surface area contributed by atoms with E-state index in [2.05, 4.69) is 15.6 Å². The van der Waals surface area contributed by atoms with Crippen LogP contribution in [0.25, 0.3) is 11.0 Å². The number of hydrogen-bond acceptors (Lipinski definition) is 4. The summed E-state index contributed by atoms with van der Waals surface area (Å²) in [5.41, 5.74) is 1.65. The normalized spacial score (nSPS) is 20.5. The second-order valence-corrected chi connectivity index (χ2v) is 7.55.